The lowest BCUT2D eigenvalue weighted by molar-refractivity contribution is -0.123. The van der Waals surface area contributed by atoms with Crippen molar-refractivity contribution in [3.63, 3.8) is 0 Å². The molecule has 3 N–H and O–H groups in total. The molecule has 1 fully saturated rings. The van der Waals surface area contributed by atoms with Crippen LogP contribution < -0.4 is 15.8 Å². The Kier molecular flexibility index (Phi) is 4.08. The van der Waals surface area contributed by atoms with Crippen LogP contribution >= 0.6 is 0 Å². The summed E-state index contributed by atoms with van der Waals surface area (Å²) >= 11 is 0. The molecule has 1 aromatic carbocycles. The van der Waals surface area contributed by atoms with Gasteiger partial charge in [-0.2, -0.15) is 0 Å². The first kappa shape index (κ1) is 15.3. The average Bonchev–Trinajstić information content (AvgIpc) is 3.31. The van der Waals surface area contributed by atoms with Gasteiger partial charge in [0.1, 0.15) is 0 Å². The van der Waals surface area contributed by atoms with E-state index in [-0.39, 0.29) is 35.6 Å². The van der Waals surface area contributed by atoms with Gasteiger partial charge in [-0.15, -0.1) is 0 Å². The van der Waals surface area contributed by atoms with Crippen molar-refractivity contribution in [1.82, 2.24) is 5.32 Å². The molecule has 1 saturated carbocycles. The molecule has 0 spiro atoms. The number of hydrogen-bond donors (Lipinski definition) is 2. The van der Waals surface area contributed by atoms with E-state index in [1.807, 2.05) is 19.9 Å². The molecular weight excluding hydrogens is 283 g/mol. The van der Waals surface area contributed by atoms with Gasteiger partial charge in [0.25, 0.3) is 0 Å². The monoisotopic (exact) mass is 306 g/mol. The molecule has 2 atom stereocenters. The highest BCUT2D eigenvalue weighted by atomic mass is 19.1. The van der Waals surface area contributed by atoms with Crippen LogP contribution in [0.15, 0.2) is 12.1 Å². The van der Waals surface area contributed by atoms with Crippen molar-refractivity contribution in [2.45, 2.75) is 45.2 Å². The minimum absolute atomic E-state index is 0.0665. The summed E-state index contributed by atoms with van der Waals surface area (Å²) in [7, 11) is 0. The van der Waals surface area contributed by atoms with Crippen LogP contribution in [0.4, 0.5) is 4.39 Å². The Bertz CT molecular complexity index is 584. The van der Waals surface area contributed by atoms with Crippen molar-refractivity contribution in [1.29, 1.82) is 0 Å². The third-order valence-electron chi connectivity index (χ3n) is 4.49. The summed E-state index contributed by atoms with van der Waals surface area (Å²) in [5.74, 6) is 0.275. The number of hydrogen-bond acceptors (Lipinski definition) is 3. The number of carbonyl (C=O) groups is 1. The van der Waals surface area contributed by atoms with Crippen molar-refractivity contribution >= 4 is 5.91 Å². The molecule has 1 amide bonds. The maximum Gasteiger partial charge on any atom is 0.223 e. The smallest absolute Gasteiger partial charge is 0.223 e. The lowest BCUT2D eigenvalue weighted by Crippen LogP contribution is -2.33. The first-order chi connectivity index (χ1) is 10.5. The first-order valence-corrected chi connectivity index (χ1v) is 7.99. The maximum absolute atomic E-state index is 14.3. The number of benzene rings is 1. The Morgan fingerprint density at radius 3 is 2.73 bits per heavy atom. The molecule has 0 saturated heterocycles. The topological polar surface area (TPSA) is 64.3 Å². The zero-order valence-corrected chi connectivity index (χ0v) is 13.1. The highest BCUT2D eigenvalue weighted by molar-refractivity contribution is 5.81. The molecule has 5 heteroatoms. The van der Waals surface area contributed by atoms with E-state index in [0.717, 1.165) is 18.4 Å². The number of rotatable bonds is 4. The van der Waals surface area contributed by atoms with Gasteiger partial charge in [-0.25, -0.2) is 4.39 Å². The highest BCUT2D eigenvalue weighted by Gasteiger charge is 2.33. The summed E-state index contributed by atoms with van der Waals surface area (Å²) < 4.78 is 19.8. The second-order valence-corrected chi connectivity index (χ2v) is 6.66. The molecule has 0 bridgehead atoms. The van der Waals surface area contributed by atoms with Gasteiger partial charge in [0.2, 0.25) is 5.91 Å². The number of ether oxygens (including phenoxy) is 1. The Balaban J connectivity index is 1.91. The fourth-order valence-corrected chi connectivity index (χ4v) is 2.84. The first-order valence-electron chi connectivity index (χ1n) is 7.99. The third kappa shape index (κ3) is 2.95. The van der Waals surface area contributed by atoms with Crippen molar-refractivity contribution in [2.24, 2.45) is 17.6 Å². The zero-order chi connectivity index (χ0) is 15.9. The van der Waals surface area contributed by atoms with Crippen LogP contribution in [-0.2, 0) is 4.79 Å². The summed E-state index contributed by atoms with van der Waals surface area (Å²) in [5, 5.41) is 3.03. The van der Waals surface area contributed by atoms with Crippen LogP contribution in [0.3, 0.4) is 0 Å². The second kappa shape index (κ2) is 5.88. The van der Waals surface area contributed by atoms with Gasteiger partial charge in [0, 0.05) is 23.9 Å². The molecule has 2 unspecified atom stereocenters. The van der Waals surface area contributed by atoms with Crippen LogP contribution in [0.5, 0.6) is 5.75 Å². The minimum Gasteiger partial charge on any atom is -0.490 e. The van der Waals surface area contributed by atoms with Gasteiger partial charge in [0.05, 0.1) is 12.6 Å². The molecule has 0 radical (unpaired) electrons. The molecule has 1 aliphatic heterocycles. The highest BCUT2D eigenvalue weighted by Crippen LogP contribution is 2.38. The maximum atomic E-state index is 14.3. The molecular formula is C17H23FN2O2. The van der Waals surface area contributed by atoms with Gasteiger partial charge >= 0.3 is 0 Å². The number of fused-ring (bicyclic) bond motifs is 1. The van der Waals surface area contributed by atoms with E-state index in [4.69, 9.17) is 10.5 Å². The fraction of sp³-hybridized carbons (Fsp3) is 0.588. The van der Waals surface area contributed by atoms with Gasteiger partial charge in [-0.1, -0.05) is 13.8 Å². The summed E-state index contributed by atoms with van der Waals surface area (Å²) in [5.41, 5.74) is 7.62. The van der Waals surface area contributed by atoms with Gasteiger partial charge in [-0.05, 0) is 36.5 Å². The van der Waals surface area contributed by atoms with Crippen molar-refractivity contribution in [3.8, 4) is 5.75 Å². The molecule has 120 valence electrons. The van der Waals surface area contributed by atoms with E-state index in [1.165, 1.54) is 6.07 Å². The Hall–Kier alpha value is -1.62. The van der Waals surface area contributed by atoms with Gasteiger partial charge in [-0.3, -0.25) is 4.79 Å². The summed E-state index contributed by atoms with van der Waals surface area (Å²) in [6.07, 6.45) is 2.56. The van der Waals surface area contributed by atoms with Crippen molar-refractivity contribution in [2.75, 3.05) is 6.61 Å². The lowest BCUT2D eigenvalue weighted by Gasteiger charge is -2.29. The zero-order valence-electron chi connectivity index (χ0n) is 13.1. The molecule has 1 aliphatic carbocycles. The van der Waals surface area contributed by atoms with E-state index in [1.54, 1.807) is 0 Å². The Morgan fingerprint density at radius 2 is 2.09 bits per heavy atom. The van der Waals surface area contributed by atoms with E-state index >= 15 is 0 Å². The Morgan fingerprint density at radius 1 is 1.36 bits per heavy atom. The van der Waals surface area contributed by atoms with Crippen LogP contribution in [0.1, 0.15) is 56.3 Å². The van der Waals surface area contributed by atoms with E-state index in [2.05, 4.69) is 5.32 Å². The van der Waals surface area contributed by atoms with E-state index in [9.17, 15) is 9.18 Å². The normalized spacial score (nSPS) is 22.0. The number of amides is 1. The quantitative estimate of drug-likeness (QED) is 0.899. The molecule has 4 nitrogen and oxygen atoms in total. The Labute approximate surface area is 130 Å². The predicted molar refractivity (Wildman–Crippen MR) is 81.9 cm³/mol. The van der Waals surface area contributed by atoms with Gasteiger partial charge in [0.15, 0.2) is 11.6 Å². The minimum atomic E-state index is -0.394. The average molecular weight is 306 g/mol. The van der Waals surface area contributed by atoms with Crippen LogP contribution in [0.2, 0.25) is 0 Å². The number of nitrogens with one attached hydrogen (secondary N) is 1. The van der Waals surface area contributed by atoms with Crippen LogP contribution in [0.25, 0.3) is 0 Å². The lowest BCUT2D eigenvalue weighted by atomic mass is 9.91. The molecule has 3 rings (SSSR count). The molecule has 0 aromatic heterocycles. The van der Waals surface area contributed by atoms with Crippen molar-refractivity contribution < 1.29 is 13.9 Å². The van der Waals surface area contributed by atoms with Crippen LogP contribution in [-0.4, -0.2) is 12.5 Å². The van der Waals surface area contributed by atoms with E-state index < -0.39 is 5.82 Å². The SMILES string of the molecule is CC(C)C(N)c1cc(F)c2c(c1)C(NC(=O)C1CC1)CCO2. The number of nitrogens with two attached hydrogens (primary N) is 1. The molecule has 22 heavy (non-hydrogen) atoms. The number of halogens is 1. The number of carbonyl (C=O) groups excluding carboxylic acids is 1. The van der Waals surface area contributed by atoms with Crippen LogP contribution in [0, 0.1) is 17.7 Å². The summed E-state index contributed by atoms with van der Waals surface area (Å²) in [6, 6.07) is 2.92. The standard InChI is InChI=1S/C17H23FN2O2/c1-9(2)15(19)11-7-12-14(20-17(21)10-3-4-10)5-6-22-16(12)13(18)8-11/h7-10,14-15H,3-6,19H2,1-2H3,(H,20,21). The molecule has 1 heterocycles. The van der Waals surface area contributed by atoms with Crippen molar-refractivity contribution in [3.05, 3.63) is 29.1 Å². The predicted octanol–water partition coefficient (Wildman–Crippen LogP) is 2.83. The van der Waals surface area contributed by atoms with E-state index in [0.29, 0.717) is 18.6 Å². The molecule has 1 aromatic rings. The van der Waals surface area contributed by atoms with Gasteiger partial charge < -0.3 is 15.8 Å². The third-order valence-corrected chi connectivity index (χ3v) is 4.49. The second-order valence-electron chi connectivity index (χ2n) is 6.66. The fourth-order valence-electron chi connectivity index (χ4n) is 2.84. The summed E-state index contributed by atoms with van der Waals surface area (Å²) in [4.78, 5) is 12.0. The molecule has 2 aliphatic rings. The summed E-state index contributed by atoms with van der Waals surface area (Å²) in [6.45, 7) is 4.42. The largest absolute Gasteiger partial charge is 0.490 e.